The first kappa shape index (κ1) is 19.6. The van der Waals surface area contributed by atoms with Gasteiger partial charge in [-0.25, -0.2) is 18.4 Å². The maximum atomic E-state index is 12.8. The highest BCUT2D eigenvalue weighted by Crippen LogP contribution is 2.23. The summed E-state index contributed by atoms with van der Waals surface area (Å²) in [6.07, 6.45) is 3.29. The van der Waals surface area contributed by atoms with Gasteiger partial charge in [-0.15, -0.1) is 5.10 Å². The highest BCUT2D eigenvalue weighted by Gasteiger charge is 2.16. The molecule has 3 aromatic heterocycles. The molecule has 0 radical (unpaired) electrons. The number of ether oxygens (including phenoxy) is 1. The van der Waals surface area contributed by atoms with E-state index in [1.54, 1.807) is 35.1 Å². The van der Waals surface area contributed by atoms with Crippen LogP contribution in [0.3, 0.4) is 0 Å². The Morgan fingerprint density at radius 3 is 2.62 bits per heavy atom. The molecule has 9 heteroatoms. The minimum Gasteiger partial charge on any atom is -0.495 e. The normalized spacial score (nSPS) is 11.2. The lowest BCUT2D eigenvalue weighted by Crippen LogP contribution is -2.28. The van der Waals surface area contributed by atoms with E-state index in [-0.39, 0.29) is 12.5 Å². The fraction of sp³-hybridized carbons (Fsp3) is 0.130. The van der Waals surface area contributed by atoms with E-state index in [4.69, 9.17) is 4.74 Å². The highest BCUT2D eigenvalue weighted by molar-refractivity contribution is 5.92. The van der Waals surface area contributed by atoms with Crippen molar-refractivity contribution in [3.05, 3.63) is 83.0 Å². The third kappa shape index (κ3) is 3.39. The van der Waals surface area contributed by atoms with Crippen molar-refractivity contribution in [1.82, 2.24) is 23.8 Å². The van der Waals surface area contributed by atoms with Crippen LogP contribution < -0.4 is 15.7 Å². The van der Waals surface area contributed by atoms with E-state index < -0.39 is 5.69 Å². The summed E-state index contributed by atoms with van der Waals surface area (Å²) in [6.45, 7) is 1.80. The third-order valence-electron chi connectivity index (χ3n) is 5.21. The van der Waals surface area contributed by atoms with Crippen LogP contribution in [0.5, 0.6) is 5.75 Å². The summed E-state index contributed by atoms with van der Waals surface area (Å²) in [7, 11) is 1.53. The van der Waals surface area contributed by atoms with Crippen molar-refractivity contribution < 1.29 is 9.53 Å². The summed E-state index contributed by atoms with van der Waals surface area (Å²) < 4.78 is 9.47. The van der Waals surface area contributed by atoms with Crippen LogP contribution in [-0.4, -0.2) is 36.8 Å². The van der Waals surface area contributed by atoms with Gasteiger partial charge < -0.3 is 10.1 Å². The van der Waals surface area contributed by atoms with Crippen LogP contribution in [0.25, 0.3) is 22.4 Å². The molecule has 0 bridgehead atoms. The van der Waals surface area contributed by atoms with Gasteiger partial charge >= 0.3 is 5.69 Å². The fourth-order valence-corrected chi connectivity index (χ4v) is 3.58. The van der Waals surface area contributed by atoms with Crippen LogP contribution in [0.4, 0.5) is 5.69 Å². The largest absolute Gasteiger partial charge is 0.495 e. The Hall–Kier alpha value is -4.40. The lowest BCUT2D eigenvalue weighted by atomic mass is 10.1. The van der Waals surface area contributed by atoms with Crippen LogP contribution in [-0.2, 0) is 11.3 Å². The third-order valence-corrected chi connectivity index (χ3v) is 5.21. The molecule has 1 N–H and O–H groups in total. The summed E-state index contributed by atoms with van der Waals surface area (Å²) in [5, 5.41) is 11.8. The van der Waals surface area contributed by atoms with Crippen molar-refractivity contribution in [2.24, 2.45) is 0 Å². The molecular formula is C23H20N6O3. The van der Waals surface area contributed by atoms with E-state index in [0.717, 1.165) is 21.5 Å². The van der Waals surface area contributed by atoms with Gasteiger partial charge in [0.15, 0.2) is 5.65 Å². The Morgan fingerprint density at radius 2 is 1.84 bits per heavy atom. The number of methoxy groups -OCH3 is 1. The van der Waals surface area contributed by atoms with Crippen molar-refractivity contribution >= 4 is 22.8 Å². The summed E-state index contributed by atoms with van der Waals surface area (Å²) in [5.74, 6) is 0.151. The van der Waals surface area contributed by atoms with E-state index in [2.05, 4.69) is 15.5 Å². The van der Waals surface area contributed by atoms with E-state index >= 15 is 0 Å². The molecule has 160 valence electrons. The molecule has 32 heavy (non-hydrogen) atoms. The molecule has 0 fully saturated rings. The van der Waals surface area contributed by atoms with Gasteiger partial charge in [-0.1, -0.05) is 42.0 Å². The van der Waals surface area contributed by atoms with Gasteiger partial charge in [0.1, 0.15) is 17.8 Å². The summed E-state index contributed by atoms with van der Waals surface area (Å²) >= 11 is 0. The van der Waals surface area contributed by atoms with Gasteiger partial charge in [-0.3, -0.25) is 4.79 Å². The van der Waals surface area contributed by atoms with Gasteiger partial charge in [0.05, 0.1) is 18.5 Å². The predicted molar refractivity (Wildman–Crippen MR) is 120 cm³/mol. The van der Waals surface area contributed by atoms with Crippen LogP contribution >= 0.6 is 0 Å². The number of rotatable bonds is 5. The second-order valence-electron chi connectivity index (χ2n) is 7.41. The van der Waals surface area contributed by atoms with Crippen LogP contribution in [0.15, 0.2) is 71.8 Å². The van der Waals surface area contributed by atoms with Crippen molar-refractivity contribution in [3.8, 4) is 17.0 Å². The summed E-state index contributed by atoms with van der Waals surface area (Å²) in [4.78, 5) is 25.4. The quantitative estimate of drug-likeness (QED) is 0.465. The Kier molecular flexibility index (Phi) is 4.70. The van der Waals surface area contributed by atoms with Gasteiger partial charge in [-0.05, 0) is 25.1 Å². The maximum Gasteiger partial charge on any atom is 0.350 e. The van der Waals surface area contributed by atoms with E-state index in [9.17, 15) is 9.59 Å². The lowest BCUT2D eigenvalue weighted by molar-refractivity contribution is -0.117. The van der Waals surface area contributed by atoms with Crippen LogP contribution in [0.1, 0.15) is 5.56 Å². The number of carbonyl (C=O) groups excluding carboxylic acids is 1. The molecule has 0 spiro atoms. The monoisotopic (exact) mass is 428 g/mol. The zero-order valence-electron chi connectivity index (χ0n) is 17.5. The number of hydrogen-bond acceptors (Lipinski definition) is 5. The summed E-state index contributed by atoms with van der Waals surface area (Å²) in [6, 6.07) is 17.0. The Labute approximate surface area is 182 Å². The van der Waals surface area contributed by atoms with Crippen molar-refractivity contribution in [2.45, 2.75) is 13.5 Å². The molecule has 3 heterocycles. The minimum absolute atomic E-state index is 0.232. The fourth-order valence-electron chi connectivity index (χ4n) is 3.58. The first-order valence-electron chi connectivity index (χ1n) is 10.0. The number of fused-ring (bicyclic) bond motifs is 3. The number of aromatic nitrogens is 5. The van der Waals surface area contributed by atoms with E-state index in [0.29, 0.717) is 22.6 Å². The van der Waals surface area contributed by atoms with Gasteiger partial charge in [0, 0.05) is 18.0 Å². The zero-order valence-corrected chi connectivity index (χ0v) is 17.5. The highest BCUT2D eigenvalue weighted by atomic mass is 16.5. The zero-order chi connectivity index (χ0) is 22.2. The van der Waals surface area contributed by atoms with Crippen molar-refractivity contribution in [1.29, 1.82) is 0 Å². The SMILES string of the molecule is COc1ccccc1NC(=O)Cn1nc2c3cc(-c4ccc(C)cc4)nn3ccn2c1=O. The first-order valence-corrected chi connectivity index (χ1v) is 10.0. The average Bonchev–Trinajstić information content (AvgIpc) is 3.36. The maximum absolute atomic E-state index is 12.8. The number of benzene rings is 2. The Bertz CT molecular complexity index is 1510. The molecule has 0 atom stereocenters. The molecule has 0 saturated heterocycles. The molecule has 2 aromatic carbocycles. The Balaban J connectivity index is 1.48. The number of nitrogens with zero attached hydrogens (tertiary/aromatic N) is 5. The molecule has 1 amide bonds. The molecule has 0 aliphatic carbocycles. The number of anilines is 1. The average molecular weight is 428 g/mol. The number of aryl methyl sites for hydroxylation is 1. The van der Waals surface area contributed by atoms with Crippen LogP contribution in [0, 0.1) is 6.92 Å². The molecule has 0 aliphatic heterocycles. The number of carbonyl (C=O) groups is 1. The van der Waals surface area contributed by atoms with Crippen molar-refractivity contribution in [3.63, 3.8) is 0 Å². The molecule has 0 aliphatic rings. The molecular weight excluding hydrogens is 408 g/mol. The van der Waals surface area contributed by atoms with Gasteiger partial charge in [0.2, 0.25) is 5.91 Å². The number of hydrogen-bond donors (Lipinski definition) is 1. The Morgan fingerprint density at radius 1 is 1.06 bits per heavy atom. The first-order chi connectivity index (χ1) is 15.5. The smallest absolute Gasteiger partial charge is 0.350 e. The standard InChI is InChI=1S/C23H20N6O3/c1-15-7-9-16(10-8-15)18-13-19-22-26-29(23(31)27(22)11-12-28(19)25-18)14-21(30)24-17-5-3-4-6-20(17)32-2/h3-13H,14H2,1-2H3,(H,24,30). The second kappa shape index (κ2) is 7.69. The predicted octanol–water partition coefficient (Wildman–Crippen LogP) is 2.77. The molecule has 9 nitrogen and oxygen atoms in total. The van der Waals surface area contributed by atoms with E-state index in [1.165, 1.54) is 11.5 Å². The number of amides is 1. The molecule has 5 aromatic rings. The van der Waals surface area contributed by atoms with Crippen LogP contribution in [0.2, 0.25) is 0 Å². The number of para-hydroxylation sites is 2. The molecule has 0 unspecified atom stereocenters. The summed E-state index contributed by atoms with van der Waals surface area (Å²) in [5.41, 5.74) is 4.12. The van der Waals surface area contributed by atoms with Crippen molar-refractivity contribution in [2.75, 3.05) is 12.4 Å². The topological polar surface area (TPSA) is 94.9 Å². The van der Waals surface area contributed by atoms with Gasteiger partial charge in [-0.2, -0.15) is 5.10 Å². The second-order valence-corrected chi connectivity index (χ2v) is 7.41. The minimum atomic E-state index is -0.407. The lowest BCUT2D eigenvalue weighted by Gasteiger charge is -2.09. The number of nitrogens with one attached hydrogen (secondary N) is 1. The van der Waals surface area contributed by atoms with E-state index in [1.807, 2.05) is 43.3 Å². The molecule has 5 rings (SSSR count). The van der Waals surface area contributed by atoms with Gasteiger partial charge in [0.25, 0.3) is 0 Å². The molecule has 0 saturated carbocycles.